The maximum absolute atomic E-state index is 12.8. The second kappa shape index (κ2) is 33.7. The molecule has 0 saturated heterocycles. The summed E-state index contributed by atoms with van der Waals surface area (Å²) in [5.74, 6) is -0.343. The molecule has 0 saturated carbocycles. The van der Waals surface area contributed by atoms with Crippen LogP contribution < -0.4 is 10.2 Å². The number of phosphoric acid groups is 1. The van der Waals surface area contributed by atoms with Crippen LogP contribution in [0.1, 0.15) is 104 Å². The lowest BCUT2D eigenvalue weighted by Crippen LogP contribution is -2.45. The lowest BCUT2D eigenvalue weighted by Gasteiger charge is -2.29. The summed E-state index contributed by atoms with van der Waals surface area (Å²) in [5.41, 5.74) is 0. The Kier molecular flexibility index (Phi) is 32.0. The Bertz CT molecular complexity index is 1230. The van der Waals surface area contributed by atoms with E-state index < -0.39 is 38.8 Å². The number of aliphatic hydroxyl groups excluding tert-OH is 3. The quantitative estimate of drug-likeness (QED) is 0.0174. The number of aliphatic hydroxyl groups is 3. The maximum Gasteiger partial charge on any atom is 0.268 e. The van der Waals surface area contributed by atoms with Crippen LogP contribution >= 0.6 is 7.82 Å². The van der Waals surface area contributed by atoms with Gasteiger partial charge in [0, 0.05) is 6.42 Å². The molecule has 0 aliphatic rings. The second-order valence-electron chi connectivity index (χ2n) is 14.3. The number of nitrogens with one attached hydrogen (secondary N) is 1. The van der Waals surface area contributed by atoms with Crippen LogP contribution in [0, 0.1) is 0 Å². The van der Waals surface area contributed by atoms with Gasteiger partial charge in [-0.15, -0.1) is 0 Å². The minimum atomic E-state index is -4.64. The summed E-state index contributed by atoms with van der Waals surface area (Å²) in [6, 6.07) is -0.984. The molecular formula is C43H73N2O8P. The third-order valence-electron chi connectivity index (χ3n) is 7.96. The summed E-state index contributed by atoms with van der Waals surface area (Å²) in [4.78, 5) is 25.1. The van der Waals surface area contributed by atoms with Crippen LogP contribution in [0.4, 0.5) is 0 Å². The highest BCUT2D eigenvalue weighted by molar-refractivity contribution is 7.45. The molecule has 11 heteroatoms. The minimum absolute atomic E-state index is 0.0459. The number of unbranched alkanes of at least 4 members (excludes halogenated alkanes) is 6. The molecule has 0 aliphatic carbocycles. The molecule has 0 rings (SSSR count). The van der Waals surface area contributed by atoms with Gasteiger partial charge in [0.15, 0.2) is 0 Å². The van der Waals surface area contributed by atoms with E-state index in [9.17, 15) is 29.6 Å². The highest BCUT2D eigenvalue weighted by Gasteiger charge is 2.23. The summed E-state index contributed by atoms with van der Waals surface area (Å²) >= 11 is 0. The molecule has 0 bridgehead atoms. The Morgan fingerprint density at radius 3 is 1.96 bits per heavy atom. The third-order valence-corrected chi connectivity index (χ3v) is 8.92. The molecular weight excluding hydrogens is 703 g/mol. The maximum atomic E-state index is 12.8. The van der Waals surface area contributed by atoms with Crippen LogP contribution in [0.15, 0.2) is 97.2 Å². The monoisotopic (exact) mass is 777 g/mol. The molecule has 1 unspecified atom stereocenters. The fourth-order valence-corrected chi connectivity index (χ4v) is 5.44. The van der Waals surface area contributed by atoms with Crippen molar-refractivity contribution in [3.8, 4) is 0 Å². The normalized spacial score (nSPS) is 16.7. The summed E-state index contributed by atoms with van der Waals surface area (Å²) < 4.78 is 23.0. The zero-order valence-corrected chi connectivity index (χ0v) is 34.7. The van der Waals surface area contributed by atoms with Crippen molar-refractivity contribution in [3.05, 3.63) is 97.2 Å². The fourth-order valence-electron chi connectivity index (χ4n) is 4.72. The number of amides is 1. The number of hydrogen-bond donors (Lipinski definition) is 4. The number of rotatable bonds is 33. The van der Waals surface area contributed by atoms with Crippen molar-refractivity contribution in [1.82, 2.24) is 5.32 Å². The lowest BCUT2D eigenvalue weighted by atomic mass is 10.1. The van der Waals surface area contributed by atoms with Gasteiger partial charge < -0.3 is 39.1 Å². The van der Waals surface area contributed by atoms with E-state index in [-0.39, 0.29) is 18.9 Å². The first-order chi connectivity index (χ1) is 25.8. The zero-order chi connectivity index (χ0) is 40.3. The van der Waals surface area contributed by atoms with Crippen LogP contribution in [-0.4, -0.2) is 91.0 Å². The first kappa shape index (κ1) is 51.3. The van der Waals surface area contributed by atoms with Gasteiger partial charge in [0.25, 0.3) is 7.82 Å². The minimum Gasteiger partial charge on any atom is -0.756 e. The van der Waals surface area contributed by atoms with E-state index in [0.717, 1.165) is 19.3 Å². The van der Waals surface area contributed by atoms with E-state index in [2.05, 4.69) is 24.4 Å². The third kappa shape index (κ3) is 35.1. The van der Waals surface area contributed by atoms with E-state index >= 15 is 0 Å². The molecule has 0 spiro atoms. The molecule has 0 radical (unpaired) electrons. The lowest BCUT2D eigenvalue weighted by molar-refractivity contribution is -0.870. The number of carbonyl (C=O) groups is 1. The standard InChI is InChI=1S/C43H73N2O8P/c1-6-8-10-11-12-13-14-15-16-20-28-34-42(48)41(38-53-54(50,51)52-37-36-45(3,4)5)44-43(49)35-29-21-18-17-19-25-31-40(47)33-27-23-22-26-32-39(46)30-24-9-7-2/h9,14-15,18-19,21-28,32-34,39-42,46-48H,6-8,10-13,16-17,20,29-31,35-38H2,1-5H3,(H-,44,49,50,51)/b15-14-,21-18-,23-22-,24-9-,25-19-,32-26+,33-27+,34-28+/t39-,40+,41-,42+/m0/s1. The van der Waals surface area contributed by atoms with Gasteiger partial charge in [-0.1, -0.05) is 137 Å². The van der Waals surface area contributed by atoms with Gasteiger partial charge in [-0.3, -0.25) is 9.36 Å². The first-order valence-electron chi connectivity index (χ1n) is 19.8. The zero-order valence-electron chi connectivity index (χ0n) is 33.8. The molecule has 54 heavy (non-hydrogen) atoms. The molecule has 4 N–H and O–H groups in total. The van der Waals surface area contributed by atoms with Crippen LogP contribution in [0.2, 0.25) is 0 Å². The molecule has 0 aromatic heterocycles. The fraction of sp³-hybridized carbons (Fsp3) is 0.605. The van der Waals surface area contributed by atoms with Crippen molar-refractivity contribution in [2.75, 3.05) is 40.9 Å². The van der Waals surface area contributed by atoms with E-state index in [4.69, 9.17) is 9.05 Å². The van der Waals surface area contributed by atoms with Crippen LogP contribution in [0.3, 0.4) is 0 Å². The van der Waals surface area contributed by atoms with Crippen molar-refractivity contribution in [1.29, 1.82) is 0 Å². The SMILES string of the molecule is CC/C=C\C[C@H](O)/C=C/C=C\C=C\[C@H](O)C/C=C\C/C=C\CCC(=O)N[C@@H](COP(=O)([O-])OCC[N+](C)(C)C)[C@H](O)/C=C/CC/C=C\CCCCCCC. The molecule has 5 atom stereocenters. The summed E-state index contributed by atoms with van der Waals surface area (Å²) in [7, 11) is 1.10. The van der Waals surface area contributed by atoms with Gasteiger partial charge in [-0.2, -0.15) is 0 Å². The van der Waals surface area contributed by atoms with Crippen molar-refractivity contribution in [2.24, 2.45) is 0 Å². The van der Waals surface area contributed by atoms with Gasteiger partial charge in [0.2, 0.25) is 5.91 Å². The van der Waals surface area contributed by atoms with Crippen LogP contribution in [0.5, 0.6) is 0 Å². The molecule has 0 aromatic carbocycles. The van der Waals surface area contributed by atoms with E-state index in [0.29, 0.717) is 43.1 Å². The topological polar surface area (TPSA) is 148 Å². The Morgan fingerprint density at radius 2 is 1.31 bits per heavy atom. The predicted molar refractivity (Wildman–Crippen MR) is 221 cm³/mol. The number of phosphoric ester groups is 1. The van der Waals surface area contributed by atoms with Crippen molar-refractivity contribution < 1.29 is 43.1 Å². The molecule has 0 aliphatic heterocycles. The summed E-state index contributed by atoms with van der Waals surface area (Å²) in [6.07, 6.45) is 39.7. The number of quaternary nitrogens is 1. The predicted octanol–water partition coefficient (Wildman–Crippen LogP) is 7.71. The molecule has 1 amide bonds. The summed E-state index contributed by atoms with van der Waals surface area (Å²) in [5, 5.41) is 33.5. The highest BCUT2D eigenvalue weighted by Crippen LogP contribution is 2.38. The summed E-state index contributed by atoms with van der Waals surface area (Å²) in [6.45, 7) is 4.21. The van der Waals surface area contributed by atoms with Crippen molar-refractivity contribution in [2.45, 2.75) is 128 Å². The first-order valence-corrected chi connectivity index (χ1v) is 21.3. The number of hydrogen-bond acceptors (Lipinski definition) is 8. The molecule has 0 aromatic rings. The number of allylic oxidation sites excluding steroid dienone is 11. The Hall–Kier alpha value is -2.66. The number of carbonyl (C=O) groups excluding carboxylic acids is 1. The van der Waals surface area contributed by atoms with Crippen molar-refractivity contribution >= 4 is 13.7 Å². The second-order valence-corrected chi connectivity index (χ2v) is 15.7. The van der Waals surface area contributed by atoms with E-state index in [1.165, 1.54) is 32.1 Å². The van der Waals surface area contributed by atoms with Crippen LogP contribution in [0.25, 0.3) is 0 Å². The number of likely N-dealkylation sites (N-methyl/N-ethyl adjacent to an activating group) is 1. The average molecular weight is 777 g/mol. The Balaban J connectivity index is 4.80. The van der Waals surface area contributed by atoms with Gasteiger partial charge >= 0.3 is 0 Å². The smallest absolute Gasteiger partial charge is 0.268 e. The van der Waals surface area contributed by atoms with Gasteiger partial charge in [0.1, 0.15) is 13.2 Å². The average Bonchev–Trinajstić information content (AvgIpc) is 3.10. The van der Waals surface area contributed by atoms with E-state index in [1.807, 2.05) is 70.6 Å². The van der Waals surface area contributed by atoms with Crippen LogP contribution in [-0.2, 0) is 18.4 Å². The molecule has 0 fully saturated rings. The van der Waals surface area contributed by atoms with Gasteiger partial charge in [0.05, 0.1) is 52.1 Å². The van der Waals surface area contributed by atoms with E-state index in [1.54, 1.807) is 42.5 Å². The molecule has 10 nitrogen and oxygen atoms in total. The Labute approximate surface area is 327 Å². The largest absolute Gasteiger partial charge is 0.756 e. The van der Waals surface area contributed by atoms with Crippen molar-refractivity contribution in [3.63, 3.8) is 0 Å². The van der Waals surface area contributed by atoms with Gasteiger partial charge in [-0.05, 0) is 57.8 Å². The molecule has 0 heterocycles. The highest BCUT2D eigenvalue weighted by atomic mass is 31.2. The molecule has 308 valence electrons. The Morgan fingerprint density at radius 1 is 0.722 bits per heavy atom. The number of nitrogens with zero attached hydrogens (tertiary/aromatic N) is 1. The van der Waals surface area contributed by atoms with Gasteiger partial charge in [-0.25, -0.2) is 0 Å².